The van der Waals surface area contributed by atoms with Crippen molar-refractivity contribution < 1.29 is 18.3 Å². The van der Waals surface area contributed by atoms with E-state index in [-0.39, 0.29) is 18.2 Å². The molecule has 0 spiro atoms. The van der Waals surface area contributed by atoms with Crippen molar-refractivity contribution in [1.82, 2.24) is 9.71 Å². The van der Waals surface area contributed by atoms with Crippen molar-refractivity contribution in [2.24, 2.45) is 0 Å². The lowest BCUT2D eigenvalue weighted by Crippen LogP contribution is -2.28. The molecule has 0 radical (unpaired) electrons. The summed E-state index contributed by atoms with van der Waals surface area (Å²) >= 11 is 0. The molecular weight excluding hydrogens is 268 g/mol. The predicted molar refractivity (Wildman–Crippen MR) is 71.1 cm³/mol. The lowest BCUT2D eigenvalue weighted by atomic mass is 10.3. The molecule has 0 aliphatic carbocycles. The minimum atomic E-state index is -3.60. The number of pyridine rings is 1. The summed E-state index contributed by atoms with van der Waals surface area (Å²) in [6.45, 7) is 3.10. The number of unbranched alkanes of at least 4 members (excludes halogenated alkanes) is 1. The number of sulfonamides is 1. The first-order valence-corrected chi connectivity index (χ1v) is 7.71. The molecule has 1 aromatic rings. The second-order valence-electron chi connectivity index (χ2n) is 4.03. The van der Waals surface area contributed by atoms with Crippen molar-refractivity contribution in [2.75, 3.05) is 19.8 Å². The zero-order valence-electron chi connectivity index (χ0n) is 11.0. The molecule has 0 atom stereocenters. The van der Waals surface area contributed by atoms with Crippen molar-refractivity contribution in [1.29, 1.82) is 0 Å². The number of nitrogens with zero attached hydrogens (tertiary/aromatic N) is 1. The van der Waals surface area contributed by atoms with Gasteiger partial charge in [-0.15, -0.1) is 0 Å². The molecule has 0 aliphatic heterocycles. The summed E-state index contributed by atoms with van der Waals surface area (Å²) < 4.78 is 31.3. The number of hydrogen-bond donors (Lipinski definition) is 2. The summed E-state index contributed by atoms with van der Waals surface area (Å²) in [5.41, 5.74) is 0.571. The molecule has 6 nitrogen and oxygen atoms in total. The van der Waals surface area contributed by atoms with Crippen LogP contribution >= 0.6 is 0 Å². The minimum absolute atomic E-state index is 0.0572. The minimum Gasteiger partial charge on any atom is -0.392 e. The molecule has 0 saturated carbocycles. The van der Waals surface area contributed by atoms with E-state index in [0.29, 0.717) is 18.8 Å². The Bertz CT molecular complexity index is 459. The standard InChI is InChI=1S/C12H20N2O4S/c1-2-3-7-18-8-6-14-19(16,17)12-5-4-11(10-15)9-13-12/h4-5,9,14-15H,2-3,6-8,10H2,1H3. The number of aromatic nitrogens is 1. The molecule has 1 rings (SSSR count). The smallest absolute Gasteiger partial charge is 0.258 e. The van der Waals surface area contributed by atoms with Crippen LogP contribution in [0.25, 0.3) is 0 Å². The molecule has 0 amide bonds. The summed E-state index contributed by atoms with van der Waals surface area (Å²) in [6, 6.07) is 2.89. The van der Waals surface area contributed by atoms with Crippen LogP contribution in [0.4, 0.5) is 0 Å². The van der Waals surface area contributed by atoms with E-state index >= 15 is 0 Å². The Hall–Kier alpha value is -1.02. The Morgan fingerprint density at radius 2 is 2.16 bits per heavy atom. The van der Waals surface area contributed by atoms with Gasteiger partial charge in [-0.25, -0.2) is 18.1 Å². The van der Waals surface area contributed by atoms with E-state index in [4.69, 9.17) is 9.84 Å². The van der Waals surface area contributed by atoms with Gasteiger partial charge in [0.05, 0.1) is 13.2 Å². The van der Waals surface area contributed by atoms with E-state index in [0.717, 1.165) is 12.8 Å². The van der Waals surface area contributed by atoms with E-state index in [1.54, 1.807) is 0 Å². The van der Waals surface area contributed by atoms with Gasteiger partial charge >= 0.3 is 0 Å². The fourth-order valence-electron chi connectivity index (χ4n) is 1.33. The number of aliphatic hydroxyl groups is 1. The molecule has 19 heavy (non-hydrogen) atoms. The van der Waals surface area contributed by atoms with Gasteiger partial charge in [-0.3, -0.25) is 0 Å². The van der Waals surface area contributed by atoms with Crippen molar-refractivity contribution >= 4 is 10.0 Å². The molecule has 108 valence electrons. The van der Waals surface area contributed by atoms with Crippen molar-refractivity contribution in [3.05, 3.63) is 23.9 Å². The highest BCUT2D eigenvalue weighted by Gasteiger charge is 2.14. The fraction of sp³-hybridized carbons (Fsp3) is 0.583. The normalized spacial score (nSPS) is 11.7. The molecule has 7 heteroatoms. The average molecular weight is 288 g/mol. The monoisotopic (exact) mass is 288 g/mol. The zero-order chi connectivity index (χ0) is 14.1. The van der Waals surface area contributed by atoms with Crippen molar-refractivity contribution in [3.63, 3.8) is 0 Å². The highest BCUT2D eigenvalue weighted by Crippen LogP contribution is 2.06. The number of rotatable bonds is 9. The molecule has 1 aromatic heterocycles. The lowest BCUT2D eigenvalue weighted by molar-refractivity contribution is 0.136. The third-order valence-electron chi connectivity index (χ3n) is 2.44. The quantitative estimate of drug-likeness (QED) is 0.652. The Kier molecular flexibility index (Phi) is 6.93. The van der Waals surface area contributed by atoms with Gasteiger partial charge < -0.3 is 9.84 Å². The predicted octanol–water partition coefficient (Wildman–Crippen LogP) is 0.669. The van der Waals surface area contributed by atoms with Gasteiger partial charge in [0.2, 0.25) is 0 Å². The van der Waals surface area contributed by atoms with Crippen LogP contribution in [0.1, 0.15) is 25.3 Å². The number of ether oxygens (including phenoxy) is 1. The molecule has 1 heterocycles. The Morgan fingerprint density at radius 3 is 2.74 bits per heavy atom. The van der Waals surface area contributed by atoms with E-state index < -0.39 is 10.0 Å². The average Bonchev–Trinajstić information content (AvgIpc) is 2.43. The maximum Gasteiger partial charge on any atom is 0.258 e. The van der Waals surface area contributed by atoms with E-state index in [1.165, 1.54) is 18.3 Å². The SMILES string of the molecule is CCCCOCCNS(=O)(=O)c1ccc(CO)cn1. The van der Waals surface area contributed by atoms with E-state index in [2.05, 4.69) is 16.6 Å². The van der Waals surface area contributed by atoms with Crippen molar-refractivity contribution in [2.45, 2.75) is 31.4 Å². The molecule has 0 unspecified atom stereocenters. The third-order valence-corrected chi connectivity index (χ3v) is 3.81. The summed E-state index contributed by atoms with van der Waals surface area (Å²) in [6.07, 6.45) is 3.36. The first-order valence-electron chi connectivity index (χ1n) is 6.23. The van der Waals surface area contributed by atoms with Gasteiger partial charge in [0, 0.05) is 19.3 Å². The summed E-state index contributed by atoms with van der Waals surface area (Å²) in [7, 11) is -3.60. The second-order valence-corrected chi connectivity index (χ2v) is 5.74. The van der Waals surface area contributed by atoms with E-state index in [9.17, 15) is 8.42 Å². The summed E-state index contributed by atoms with van der Waals surface area (Å²) in [5, 5.41) is 8.80. The first kappa shape index (κ1) is 16.0. The van der Waals surface area contributed by atoms with Crippen LogP contribution in [0.3, 0.4) is 0 Å². The van der Waals surface area contributed by atoms with Gasteiger partial charge in [-0.2, -0.15) is 0 Å². The van der Waals surface area contributed by atoms with E-state index in [1.807, 2.05) is 0 Å². The maximum absolute atomic E-state index is 11.8. The van der Waals surface area contributed by atoms with Crippen LogP contribution < -0.4 is 4.72 Å². The first-order chi connectivity index (χ1) is 9.10. The molecule has 0 fully saturated rings. The van der Waals surface area contributed by atoms with Gasteiger partial charge in [-0.05, 0) is 18.1 Å². The van der Waals surface area contributed by atoms with Crippen LogP contribution in [0.15, 0.2) is 23.4 Å². The zero-order valence-corrected chi connectivity index (χ0v) is 11.8. The topological polar surface area (TPSA) is 88.5 Å². The van der Waals surface area contributed by atoms with Gasteiger partial charge in [-0.1, -0.05) is 19.4 Å². The van der Waals surface area contributed by atoms with Crippen LogP contribution in [-0.2, 0) is 21.4 Å². The highest BCUT2D eigenvalue weighted by molar-refractivity contribution is 7.89. The lowest BCUT2D eigenvalue weighted by Gasteiger charge is -2.07. The molecule has 0 saturated heterocycles. The largest absolute Gasteiger partial charge is 0.392 e. The number of aliphatic hydroxyl groups excluding tert-OH is 1. The Morgan fingerprint density at radius 1 is 1.37 bits per heavy atom. The summed E-state index contributed by atoms with van der Waals surface area (Å²) in [5.74, 6) is 0. The molecule has 0 bridgehead atoms. The Balaban J connectivity index is 2.42. The van der Waals surface area contributed by atoms with Crippen LogP contribution in [0.5, 0.6) is 0 Å². The maximum atomic E-state index is 11.8. The van der Waals surface area contributed by atoms with Gasteiger partial charge in [0.15, 0.2) is 5.03 Å². The van der Waals surface area contributed by atoms with Crippen LogP contribution in [0.2, 0.25) is 0 Å². The molecule has 2 N–H and O–H groups in total. The fourth-order valence-corrected chi connectivity index (χ4v) is 2.27. The summed E-state index contributed by atoms with van der Waals surface area (Å²) in [4.78, 5) is 3.80. The third kappa shape index (κ3) is 5.65. The molecule has 0 aromatic carbocycles. The molecule has 0 aliphatic rings. The van der Waals surface area contributed by atoms with Crippen molar-refractivity contribution in [3.8, 4) is 0 Å². The van der Waals surface area contributed by atoms with Gasteiger partial charge in [0.1, 0.15) is 0 Å². The van der Waals surface area contributed by atoms with Crippen LogP contribution in [-0.4, -0.2) is 38.3 Å². The Labute approximate surface area is 113 Å². The highest BCUT2D eigenvalue weighted by atomic mass is 32.2. The van der Waals surface area contributed by atoms with Gasteiger partial charge in [0.25, 0.3) is 10.0 Å². The number of nitrogens with one attached hydrogen (secondary N) is 1. The van der Waals surface area contributed by atoms with Crippen LogP contribution in [0, 0.1) is 0 Å². The second kappa shape index (κ2) is 8.21. The molecular formula is C12H20N2O4S. The number of hydrogen-bond acceptors (Lipinski definition) is 5.